The summed E-state index contributed by atoms with van der Waals surface area (Å²) in [6, 6.07) is 8.00. The van der Waals surface area contributed by atoms with Gasteiger partial charge in [0.15, 0.2) is 0 Å². The molecule has 0 aliphatic rings. The Kier molecular flexibility index (Phi) is 6.36. The maximum absolute atomic E-state index is 9.23. The third-order valence-corrected chi connectivity index (χ3v) is 3.46. The van der Waals surface area contributed by atoms with E-state index in [-0.39, 0.29) is 6.61 Å². The van der Waals surface area contributed by atoms with Crippen LogP contribution in [0.4, 0.5) is 0 Å². The maximum atomic E-state index is 9.23. The zero-order valence-corrected chi connectivity index (χ0v) is 13.2. The van der Waals surface area contributed by atoms with Gasteiger partial charge in [-0.05, 0) is 31.4 Å². The molecule has 0 fully saturated rings. The van der Waals surface area contributed by atoms with Crippen LogP contribution in [0.1, 0.15) is 29.8 Å². The fourth-order valence-electron chi connectivity index (χ4n) is 2.23. The lowest BCUT2D eigenvalue weighted by Gasteiger charge is -2.09. The molecule has 0 radical (unpaired) electrons. The van der Waals surface area contributed by atoms with E-state index in [9.17, 15) is 5.11 Å². The minimum atomic E-state index is -0.116. The number of nitrogens with zero attached hydrogens (tertiary/aromatic N) is 3. The molecule has 0 aliphatic carbocycles. The van der Waals surface area contributed by atoms with Crippen molar-refractivity contribution in [2.45, 2.75) is 39.5 Å². The summed E-state index contributed by atoms with van der Waals surface area (Å²) in [5, 5.41) is 17.3. The molecule has 6 heteroatoms. The average molecular weight is 305 g/mol. The molecule has 0 saturated heterocycles. The van der Waals surface area contributed by atoms with Gasteiger partial charge in [-0.1, -0.05) is 23.4 Å². The van der Waals surface area contributed by atoms with Crippen LogP contribution in [-0.4, -0.2) is 33.8 Å². The molecule has 0 bridgehead atoms. The van der Waals surface area contributed by atoms with Crippen molar-refractivity contribution in [1.29, 1.82) is 0 Å². The number of aryl methyl sites for hydroxylation is 2. The largest absolute Gasteiger partial charge is 0.493 e. The molecule has 1 aromatic carbocycles. The Balaban J connectivity index is 1.77. The average Bonchev–Trinajstić information content (AvgIpc) is 2.91. The highest BCUT2D eigenvalue weighted by Crippen LogP contribution is 2.16. The Morgan fingerprint density at radius 1 is 1.23 bits per heavy atom. The standard InChI is InChI=1S/C16H23N3O3/c1-13-7-3-4-8-16(13)22-10-6-5-9-19-15(12-21-2)14(11-20)17-18-19/h3-4,7-8,20H,5-6,9-12H2,1-2H3. The molecular weight excluding hydrogens is 282 g/mol. The fraction of sp³-hybridized carbons (Fsp3) is 0.500. The van der Waals surface area contributed by atoms with E-state index in [4.69, 9.17) is 9.47 Å². The molecular formula is C16H23N3O3. The first kappa shape index (κ1) is 16.5. The Hall–Kier alpha value is -1.92. The lowest BCUT2D eigenvalue weighted by molar-refractivity contribution is 0.172. The molecule has 6 nitrogen and oxygen atoms in total. The fourth-order valence-corrected chi connectivity index (χ4v) is 2.23. The monoisotopic (exact) mass is 305 g/mol. The van der Waals surface area contributed by atoms with Gasteiger partial charge in [0.25, 0.3) is 0 Å². The molecule has 1 N–H and O–H groups in total. The Morgan fingerprint density at radius 3 is 2.77 bits per heavy atom. The van der Waals surface area contributed by atoms with Crippen LogP contribution in [0.15, 0.2) is 24.3 Å². The second-order valence-corrected chi connectivity index (χ2v) is 5.12. The molecule has 0 spiro atoms. The SMILES string of the molecule is COCc1c(CO)nnn1CCCCOc1ccccc1C. The van der Waals surface area contributed by atoms with Crippen LogP contribution in [-0.2, 0) is 24.5 Å². The van der Waals surface area contributed by atoms with Gasteiger partial charge in [-0.15, -0.1) is 5.10 Å². The third-order valence-electron chi connectivity index (χ3n) is 3.46. The normalized spacial score (nSPS) is 10.9. The second kappa shape index (κ2) is 8.51. The Morgan fingerprint density at radius 2 is 2.05 bits per heavy atom. The van der Waals surface area contributed by atoms with Gasteiger partial charge < -0.3 is 14.6 Å². The highest BCUT2D eigenvalue weighted by Gasteiger charge is 2.11. The van der Waals surface area contributed by atoms with Crippen LogP contribution >= 0.6 is 0 Å². The Bertz CT molecular complexity index is 584. The van der Waals surface area contributed by atoms with Gasteiger partial charge in [-0.3, -0.25) is 0 Å². The zero-order chi connectivity index (χ0) is 15.8. The van der Waals surface area contributed by atoms with E-state index < -0.39 is 0 Å². The van der Waals surface area contributed by atoms with Gasteiger partial charge in [0.2, 0.25) is 0 Å². The van der Waals surface area contributed by atoms with Crippen LogP contribution in [0.2, 0.25) is 0 Å². The number of hydrogen-bond acceptors (Lipinski definition) is 5. The number of para-hydroxylation sites is 1. The van der Waals surface area contributed by atoms with E-state index in [2.05, 4.69) is 10.3 Å². The molecule has 1 aromatic heterocycles. The van der Waals surface area contributed by atoms with Crippen molar-refractivity contribution in [2.75, 3.05) is 13.7 Å². The molecule has 2 rings (SSSR count). The smallest absolute Gasteiger partial charge is 0.122 e. The van der Waals surface area contributed by atoms with Gasteiger partial charge >= 0.3 is 0 Å². The lowest BCUT2D eigenvalue weighted by Crippen LogP contribution is -2.09. The summed E-state index contributed by atoms with van der Waals surface area (Å²) in [5.74, 6) is 0.936. The quantitative estimate of drug-likeness (QED) is 0.718. The van der Waals surface area contributed by atoms with E-state index in [1.54, 1.807) is 11.8 Å². The highest BCUT2D eigenvalue weighted by atomic mass is 16.5. The van der Waals surface area contributed by atoms with Crippen molar-refractivity contribution >= 4 is 0 Å². The molecule has 0 amide bonds. The summed E-state index contributed by atoms with van der Waals surface area (Å²) in [7, 11) is 1.62. The first-order valence-electron chi connectivity index (χ1n) is 7.45. The van der Waals surface area contributed by atoms with Crippen molar-refractivity contribution in [3.05, 3.63) is 41.2 Å². The minimum Gasteiger partial charge on any atom is -0.493 e. The maximum Gasteiger partial charge on any atom is 0.122 e. The number of methoxy groups -OCH3 is 1. The molecule has 120 valence electrons. The highest BCUT2D eigenvalue weighted by molar-refractivity contribution is 5.31. The van der Waals surface area contributed by atoms with Crippen LogP contribution in [0.25, 0.3) is 0 Å². The number of rotatable bonds is 9. The predicted molar refractivity (Wildman–Crippen MR) is 82.6 cm³/mol. The van der Waals surface area contributed by atoms with E-state index in [1.807, 2.05) is 31.2 Å². The molecule has 2 aromatic rings. The van der Waals surface area contributed by atoms with Gasteiger partial charge in [0.05, 0.1) is 25.5 Å². The molecule has 0 atom stereocenters. The summed E-state index contributed by atoms with van der Waals surface area (Å²) >= 11 is 0. The summed E-state index contributed by atoms with van der Waals surface area (Å²) in [5.41, 5.74) is 2.57. The molecule has 22 heavy (non-hydrogen) atoms. The zero-order valence-electron chi connectivity index (χ0n) is 13.2. The number of aromatic nitrogens is 3. The van der Waals surface area contributed by atoms with Gasteiger partial charge in [-0.2, -0.15) is 0 Å². The summed E-state index contributed by atoms with van der Waals surface area (Å²) in [4.78, 5) is 0. The van der Waals surface area contributed by atoms with Crippen LogP contribution < -0.4 is 4.74 Å². The summed E-state index contributed by atoms with van der Waals surface area (Å²) in [6.45, 7) is 3.74. The van der Waals surface area contributed by atoms with E-state index in [0.717, 1.165) is 36.4 Å². The van der Waals surface area contributed by atoms with E-state index >= 15 is 0 Å². The van der Waals surface area contributed by atoms with Crippen LogP contribution in [0, 0.1) is 6.92 Å². The van der Waals surface area contributed by atoms with Gasteiger partial charge in [0.1, 0.15) is 11.4 Å². The number of aliphatic hydroxyl groups excluding tert-OH is 1. The van der Waals surface area contributed by atoms with Crippen molar-refractivity contribution < 1.29 is 14.6 Å². The molecule has 0 saturated carbocycles. The minimum absolute atomic E-state index is 0.116. The lowest BCUT2D eigenvalue weighted by atomic mass is 10.2. The summed E-state index contributed by atoms with van der Waals surface area (Å²) in [6.07, 6.45) is 1.85. The van der Waals surface area contributed by atoms with Crippen molar-refractivity contribution in [3.63, 3.8) is 0 Å². The number of hydrogen-bond donors (Lipinski definition) is 1. The third kappa shape index (κ3) is 4.29. The molecule has 0 unspecified atom stereocenters. The number of aliphatic hydroxyl groups is 1. The van der Waals surface area contributed by atoms with Crippen molar-refractivity contribution in [2.24, 2.45) is 0 Å². The van der Waals surface area contributed by atoms with Crippen molar-refractivity contribution in [3.8, 4) is 5.75 Å². The molecule has 1 heterocycles. The first-order valence-corrected chi connectivity index (χ1v) is 7.45. The first-order chi connectivity index (χ1) is 10.8. The van der Waals surface area contributed by atoms with Gasteiger partial charge in [0, 0.05) is 13.7 Å². The molecule has 0 aliphatic heterocycles. The van der Waals surface area contributed by atoms with E-state index in [0.29, 0.717) is 18.9 Å². The van der Waals surface area contributed by atoms with Crippen molar-refractivity contribution in [1.82, 2.24) is 15.0 Å². The van der Waals surface area contributed by atoms with Crippen LogP contribution in [0.5, 0.6) is 5.75 Å². The predicted octanol–water partition coefficient (Wildman–Crippen LogP) is 2.08. The van der Waals surface area contributed by atoms with Crippen LogP contribution in [0.3, 0.4) is 0 Å². The Labute approximate surface area is 130 Å². The number of ether oxygens (including phenoxy) is 2. The van der Waals surface area contributed by atoms with Gasteiger partial charge in [-0.25, -0.2) is 4.68 Å². The number of unbranched alkanes of at least 4 members (excludes halogenated alkanes) is 1. The van der Waals surface area contributed by atoms with E-state index in [1.165, 1.54) is 0 Å². The topological polar surface area (TPSA) is 69.4 Å². The number of benzene rings is 1. The summed E-state index contributed by atoms with van der Waals surface area (Å²) < 4.78 is 12.7. The second-order valence-electron chi connectivity index (χ2n) is 5.12.